The number of amidine groups is 1. The smallest absolute Gasteiger partial charge is 0.153 e. The molecule has 0 amide bonds. The number of rotatable bonds is 2. The second-order valence-corrected chi connectivity index (χ2v) is 3.13. The van der Waals surface area contributed by atoms with Crippen LogP contribution in [0.3, 0.4) is 0 Å². The highest BCUT2D eigenvalue weighted by Crippen LogP contribution is 2.07. The van der Waals surface area contributed by atoms with Gasteiger partial charge in [-0.2, -0.15) is 0 Å². The average Bonchev–Trinajstić information content (AvgIpc) is 1.87. The van der Waals surface area contributed by atoms with Crippen molar-refractivity contribution in [3.05, 3.63) is 0 Å². The first-order chi connectivity index (χ1) is 4.20. The molecule has 0 fully saturated rings. The van der Waals surface area contributed by atoms with Crippen LogP contribution in [0.25, 0.3) is 0 Å². The number of aliphatic hydroxyl groups excluding tert-OH is 1. The van der Waals surface area contributed by atoms with Crippen molar-refractivity contribution >= 4 is 16.9 Å². The van der Waals surface area contributed by atoms with E-state index in [1.54, 1.807) is 7.05 Å². The molecular formula is C5H12N2OS. The molecule has 3 nitrogen and oxygen atoms in total. The normalized spacial score (nSPS) is 15.7. The fraction of sp³-hybridized carbons (Fsp3) is 0.800. The van der Waals surface area contributed by atoms with E-state index in [9.17, 15) is 0 Å². The van der Waals surface area contributed by atoms with Crippen molar-refractivity contribution in [1.82, 2.24) is 0 Å². The van der Waals surface area contributed by atoms with Crippen molar-refractivity contribution in [3.8, 4) is 0 Å². The van der Waals surface area contributed by atoms with E-state index in [0.29, 0.717) is 5.17 Å². The summed E-state index contributed by atoms with van der Waals surface area (Å²) >= 11 is 1.38. The lowest BCUT2D eigenvalue weighted by atomic mass is 10.5. The second kappa shape index (κ2) is 4.64. The number of hydrogen-bond acceptors (Lipinski definition) is 3. The summed E-state index contributed by atoms with van der Waals surface area (Å²) in [7, 11) is 1.63. The van der Waals surface area contributed by atoms with Gasteiger partial charge in [0.2, 0.25) is 0 Å². The molecule has 0 aliphatic heterocycles. The number of hydrogen-bond donors (Lipinski definition) is 2. The Morgan fingerprint density at radius 3 is 2.78 bits per heavy atom. The van der Waals surface area contributed by atoms with Gasteiger partial charge in [-0.25, -0.2) is 0 Å². The second-order valence-electron chi connectivity index (χ2n) is 1.67. The van der Waals surface area contributed by atoms with Gasteiger partial charge in [-0.05, 0) is 0 Å². The fourth-order valence-corrected chi connectivity index (χ4v) is 0.888. The highest BCUT2D eigenvalue weighted by atomic mass is 32.2. The first-order valence-corrected chi connectivity index (χ1v) is 3.58. The maximum Gasteiger partial charge on any atom is 0.153 e. The molecule has 4 heteroatoms. The minimum absolute atomic E-state index is 0.140. The molecule has 0 aliphatic carbocycles. The van der Waals surface area contributed by atoms with E-state index >= 15 is 0 Å². The van der Waals surface area contributed by atoms with Gasteiger partial charge in [0.25, 0.3) is 0 Å². The summed E-state index contributed by atoms with van der Waals surface area (Å²) in [6.07, 6.45) is 0. The summed E-state index contributed by atoms with van der Waals surface area (Å²) in [5.41, 5.74) is 5.35. The maximum atomic E-state index is 8.55. The van der Waals surface area contributed by atoms with Crippen LogP contribution in [0.4, 0.5) is 0 Å². The van der Waals surface area contributed by atoms with E-state index in [1.807, 2.05) is 6.92 Å². The first kappa shape index (κ1) is 8.78. The maximum absolute atomic E-state index is 8.55. The first-order valence-electron chi connectivity index (χ1n) is 2.70. The summed E-state index contributed by atoms with van der Waals surface area (Å²) in [6, 6.07) is 0. The summed E-state index contributed by atoms with van der Waals surface area (Å²) in [5.74, 6) is 0. The molecule has 0 aromatic rings. The summed E-state index contributed by atoms with van der Waals surface area (Å²) in [6.45, 7) is 2.03. The molecule has 1 unspecified atom stereocenters. The SMILES string of the molecule is CN=C(N)SC(C)CO. The molecular weight excluding hydrogens is 136 g/mol. The Kier molecular flexibility index (Phi) is 4.53. The van der Waals surface area contributed by atoms with Gasteiger partial charge in [-0.3, -0.25) is 4.99 Å². The minimum atomic E-state index is 0.140. The Balaban J connectivity index is 3.47. The van der Waals surface area contributed by atoms with Crippen LogP contribution in [0, 0.1) is 0 Å². The molecule has 3 N–H and O–H groups in total. The minimum Gasteiger partial charge on any atom is -0.395 e. The molecule has 0 heterocycles. The van der Waals surface area contributed by atoms with E-state index in [2.05, 4.69) is 4.99 Å². The highest BCUT2D eigenvalue weighted by Gasteiger charge is 2.00. The standard InChI is InChI=1S/C5H12N2OS/c1-4(3-8)9-5(6)7-2/h4,8H,3H2,1-2H3,(H2,6,7). The number of thioether (sulfide) groups is 1. The van der Waals surface area contributed by atoms with Crippen LogP contribution in [0.2, 0.25) is 0 Å². The van der Waals surface area contributed by atoms with Crippen LogP contribution in [0.1, 0.15) is 6.92 Å². The summed E-state index contributed by atoms with van der Waals surface area (Å²) < 4.78 is 0. The van der Waals surface area contributed by atoms with E-state index in [4.69, 9.17) is 10.8 Å². The van der Waals surface area contributed by atoms with Crippen LogP contribution < -0.4 is 5.73 Å². The zero-order chi connectivity index (χ0) is 7.28. The lowest BCUT2D eigenvalue weighted by Gasteiger charge is -2.04. The lowest BCUT2D eigenvalue weighted by molar-refractivity contribution is 0.300. The van der Waals surface area contributed by atoms with Crippen LogP contribution in [-0.4, -0.2) is 29.2 Å². The Hall–Kier alpha value is -0.220. The van der Waals surface area contributed by atoms with E-state index in [1.165, 1.54) is 11.8 Å². The van der Waals surface area contributed by atoms with E-state index in [-0.39, 0.29) is 11.9 Å². The van der Waals surface area contributed by atoms with Gasteiger partial charge in [-0.1, -0.05) is 18.7 Å². The molecule has 0 saturated carbocycles. The Bertz CT molecular complexity index is 105. The molecule has 9 heavy (non-hydrogen) atoms. The molecule has 1 atom stereocenters. The molecule has 0 rings (SSSR count). The third-order valence-electron chi connectivity index (χ3n) is 0.799. The van der Waals surface area contributed by atoms with Crippen molar-refractivity contribution in [2.75, 3.05) is 13.7 Å². The predicted octanol–water partition coefficient (Wildman–Crippen LogP) is 0.0449. The number of aliphatic hydroxyl groups is 1. The van der Waals surface area contributed by atoms with Crippen LogP contribution >= 0.6 is 11.8 Å². The van der Waals surface area contributed by atoms with Gasteiger partial charge in [-0.15, -0.1) is 0 Å². The highest BCUT2D eigenvalue weighted by molar-refractivity contribution is 8.14. The van der Waals surface area contributed by atoms with Crippen molar-refractivity contribution in [2.24, 2.45) is 10.7 Å². The molecule has 0 radical (unpaired) electrons. The zero-order valence-electron chi connectivity index (χ0n) is 5.66. The monoisotopic (exact) mass is 148 g/mol. The quantitative estimate of drug-likeness (QED) is 0.429. The van der Waals surface area contributed by atoms with Gasteiger partial charge < -0.3 is 10.8 Å². The topological polar surface area (TPSA) is 58.6 Å². The molecule has 0 spiro atoms. The molecule has 0 aromatic carbocycles. The summed E-state index contributed by atoms with van der Waals surface area (Å²) in [4.78, 5) is 3.72. The van der Waals surface area contributed by atoms with Gasteiger partial charge in [0, 0.05) is 12.3 Å². The zero-order valence-corrected chi connectivity index (χ0v) is 6.48. The Morgan fingerprint density at radius 2 is 2.44 bits per heavy atom. The van der Waals surface area contributed by atoms with Crippen molar-refractivity contribution in [2.45, 2.75) is 12.2 Å². The number of nitrogens with two attached hydrogens (primary N) is 1. The van der Waals surface area contributed by atoms with Crippen LogP contribution in [0.15, 0.2) is 4.99 Å². The van der Waals surface area contributed by atoms with E-state index < -0.39 is 0 Å². The van der Waals surface area contributed by atoms with E-state index in [0.717, 1.165) is 0 Å². The average molecular weight is 148 g/mol. The van der Waals surface area contributed by atoms with Gasteiger partial charge in [0.1, 0.15) is 0 Å². The lowest BCUT2D eigenvalue weighted by Crippen LogP contribution is -2.13. The Labute approximate surface area is 59.4 Å². The van der Waals surface area contributed by atoms with Gasteiger partial charge in [0.15, 0.2) is 5.17 Å². The third-order valence-corrected chi connectivity index (χ3v) is 1.77. The van der Waals surface area contributed by atoms with Crippen LogP contribution in [0.5, 0.6) is 0 Å². The Morgan fingerprint density at radius 1 is 1.89 bits per heavy atom. The molecule has 0 aromatic heterocycles. The molecule has 54 valence electrons. The number of aliphatic imine (C=N–C) groups is 1. The molecule has 0 bridgehead atoms. The third kappa shape index (κ3) is 4.29. The van der Waals surface area contributed by atoms with Gasteiger partial charge in [0.05, 0.1) is 6.61 Å². The fourth-order valence-electron chi connectivity index (χ4n) is 0.296. The van der Waals surface area contributed by atoms with Crippen molar-refractivity contribution < 1.29 is 5.11 Å². The van der Waals surface area contributed by atoms with Gasteiger partial charge >= 0.3 is 0 Å². The molecule has 0 saturated heterocycles. The molecule has 0 aliphatic rings. The number of nitrogens with zero attached hydrogens (tertiary/aromatic N) is 1. The van der Waals surface area contributed by atoms with Crippen molar-refractivity contribution in [3.63, 3.8) is 0 Å². The van der Waals surface area contributed by atoms with Crippen molar-refractivity contribution in [1.29, 1.82) is 0 Å². The largest absolute Gasteiger partial charge is 0.395 e. The van der Waals surface area contributed by atoms with Crippen LogP contribution in [-0.2, 0) is 0 Å². The predicted molar refractivity (Wildman–Crippen MR) is 41.7 cm³/mol. The summed E-state index contributed by atoms with van der Waals surface area (Å²) in [5, 5.41) is 9.22.